The summed E-state index contributed by atoms with van der Waals surface area (Å²) in [5.74, 6) is -0.918. The van der Waals surface area contributed by atoms with E-state index in [1.54, 1.807) is 25.1 Å². The second-order valence-corrected chi connectivity index (χ2v) is 6.92. The topological polar surface area (TPSA) is 66.8 Å². The molecule has 2 aliphatic heterocycles. The normalized spacial score (nSPS) is 24.5. The van der Waals surface area contributed by atoms with E-state index in [0.717, 1.165) is 29.7 Å². The molecule has 2 aromatic carbocycles. The van der Waals surface area contributed by atoms with Crippen LogP contribution in [0.5, 0.6) is 0 Å². The lowest BCUT2D eigenvalue weighted by Crippen LogP contribution is -2.45. The highest BCUT2D eigenvalue weighted by Gasteiger charge is 2.45. The van der Waals surface area contributed by atoms with Crippen LogP contribution in [-0.2, 0) is 9.53 Å². The Morgan fingerprint density at radius 3 is 2.62 bits per heavy atom. The first kappa shape index (κ1) is 16.8. The number of amides is 1. The molecule has 2 aliphatic rings. The summed E-state index contributed by atoms with van der Waals surface area (Å²) >= 11 is 0. The quantitative estimate of drug-likeness (QED) is 0.889. The fraction of sp³-hybridized carbons (Fsp3) is 0.333. The van der Waals surface area contributed by atoms with Crippen LogP contribution in [0, 0.1) is 5.92 Å². The molecule has 26 heavy (non-hydrogen) atoms. The van der Waals surface area contributed by atoms with Crippen molar-refractivity contribution in [3.63, 3.8) is 0 Å². The zero-order chi connectivity index (χ0) is 18.3. The van der Waals surface area contributed by atoms with Crippen molar-refractivity contribution in [3.05, 3.63) is 65.2 Å². The molecule has 3 unspecified atom stereocenters. The molecule has 0 saturated carbocycles. The van der Waals surface area contributed by atoms with Crippen LogP contribution < -0.4 is 4.90 Å². The first-order chi connectivity index (χ1) is 12.6. The van der Waals surface area contributed by atoms with Gasteiger partial charge in [-0.1, -0.05) is 30.3 Å². The second kappa shape index (κ2) is 6.57. The predicted octanol–water partition coefficient (Wildman–Crippen LogP) is 3.96. The summed E-state index contributed by atoms with van der Waals surface area (Å²) < 4.78 is 6.09. The molecule has 1 amide bonds. The van der Waals surface area contributed by atoms with E-state index >= 15 is 0 Å². The summed E-state index contributed by atoms with van der Waals surface area (Å²) in [4.78, 5) is 25.8. The average Bonchev–Trinajstić information content (AvgIpc) is 2.66. The standard InChI is InChI=1S/C21H21NO4/c1-13(23)22-18-10-9-15(21(24)25)12-17(18)20-16(8-5-11-26-20)19(22)14-6-3-2-4-7-14/h2-4,6-7,9-10,12,16,19-20H,5,8,11H2,1H3,(H,24,25). The molecule has 3 atom stereocenters. The lowest BCUT2D eigenvalue weighted by Gasteiger charge is -2.48. The van der Waals surface area contributed by atoms with E-state index in [0.29, 0.717) is 6.61 Å². The molecular weight excluding hydrogens is 330 g/mol. The Kier molecular flexibility index (Phi) is 4.24. The monoisotopic (exact) mass is 351 g/mol. The zero-order valence-electron chi connectivity index (χ0n) is 14.6. The molecule has 5 heteroatoms. The van der Waals surface area contributed by atoms with Gasteiger partial charge in [-0.05, 0) is 36.6 Å². The second-order valence-electron chi connectivity index (χ2n) is 6.92. The summed E-state index contributed by atoms with van der Waals surface area (Å²) in [7, 11) is 0. The van der Waals surface area contributed by atoms with Crippen molar-refractivity contribution in [1.29, 1.82) is 0 Å². The molecule has 0 aliphatic carbocycles. The number of fused-ring (bicyclic) bond motifs is 3. The fourth-order valence-corrected chi connectivity index (χ4v) is 4.34. The summed E-state index contributed by atoms with van der Waals surface area (Å²) in [5, 5.41) is 9.37. The Morgan fingerprint density at radius 2 is 1.92 bits per heavy atom. The fourth-order valence-electron chi connectivity index (χ4n) is 4.34. The average molecular weight is 351 g/mol. The molecule has 134 valence electrons. The summed E-state index contributed by atoms with van der Waals surface area (Å²) in [6, 6.07) is 14.9. The van der Waals surface area contributed by atoms with Crippen LogP contribution in [0.1, 0.15) is 53.4 Å². The van der Waals surface area contributed by atoms with E-state index in [1.807, 2.05) is 35.2 Å². The van der Waals surface area contributed by atoms with Gasteiger partial charge in [-0.3, -0.25) is 4.79 Å². The molecule has 1 saturated heterocycles. The van der Waals surface area contributed by atoms with Gasteiger partial charge < -0.3 is 14.7 Å². The van der Waals surface area contributed by atoms with E-state index in [9.17, 15) is 14.7 Å². The minimum atomic E-state index is -0.972. The Morgan fingerprint density at radius 1 is 1.15 bits per heavy atom. The van der Waals surface area contributed by atoms with E-state index in [1.165, 1.54) is 0 Å². The Balaban J connectivity index is 1.91. The van der Waals surface area contributed by atoms with Gasteiger partial charge in [0.05, 0.1) is 23.4 Å². The van der Waals surface area contributed by atoms with Gasteiger partial charge in [-0.25, -0.2) is 4.79 Å². The van der Waals surface area contributed by atoms with Crippen molar-refractivity contribution in [2.75, 3.05) is 11.5 Å². The highest BCUT2D eigenvalue weighted by atomic mass is 16.5. The number of rotatable bonds is 2. The maximum Gasteiger partial charge on any atom is 0.335 e. The molecule has 1 fully saturated rings. The van der Waals surface area contributed by atoms with Gasteiger partial charge in [0.1, 0.15) is 0 Å². The summed E-state index contributed by atoms with van der Waals surface area (Å²) in [6.07, 6.45) is 1.67. The van der Waals surface area contributed by atoms with Gasteiger partial charge in [0.25, 0.3) is 0 Å². The minimum absolute atomic E-state index is 0.0489. The lowest BCUT2D eigenvalue weighted by molar-refractivity contribution is -0.118. The molecule has 2 heterocycles. The van der Waals surface area contributed by atoms with Crippen LogP contribution >= 0.6 is 0 Å². The van der Waals surface area contributed by atoms with E-state index in [4.69, 9.17) is 4.74 Å². The number of benzene rings is 2. The Hall–Kier alpha value is -2.66. The number of ether oxygens (including phenoxy) is 1. The highest BCUT2D eigenvalue weighted by Crippen LogP contribution is 2.52. The van der Waals surface area contributed by atoms with Crippen molar-refractivity contribution in [2.24, 2.45) is 5.92 Å². The van der Waals surface area contributed by atoms with E-state index in [2.05, 4.69) is 0 Å². The van der Waals surface area contributed by atoms with Crippen LogP contribution in [0.3, 0.4) is 0 Å². The van der Waals surface area contributed by atoms with Gasteiger partial charge in [0.15, 0.2) is 0 Å². The first-order valence-electron chi connectivity index (χ1n) is 8.91. The maximum atomic E-state index is 12.6. The number of anilines is 1. The number of carbonyl (C=O) groups excluding carboxylic acids is 1. The molecule has 1 N–H and O–H groups in total. The largest absolute Gasteiger partial charge is 0.478 e. The number of hydrogen-bond donors (Lipinski definition) is 1. The molecule has 0 bridgehead atoms. The van der Waals surface area contributed by atoms with Crippen molar-refractivity contribution >= 4 is 17.6 Å². The number of aromatic carboxylic acids is 1. The number of carboxylic acid groups (broad SMARTS) is 1. The third-order valence-electron chi connectivity index (χ3n) is 5.37. The third kappa shape index (κ3) is 2.69. The minimum Gasteiger partial charge on any atom is -0.478 e. The molecule has 0 spiro atoms. The number of hydrogen-bond acceptors (Lipinski definition) is 3. The van der Waals surface area contributed by atoms with Gasteiger partial charge in [-0.2, -0.15) is 0 Å². The van der Waals surface area contributed by atoms with Crippen molar-refractivity contribution in [1.82, 2.24) is 0 Å². The molecule has 5 nitrogen and oxygen atoms in total. The van der Waals surface area contributed by atoms with Crippen LogP contribution in [0.25, 0.3) is 0 Å². The van der Waals surface area contributed by atoms with Gasteiger partial charge in [0, 0.05) is 25.0 Å². The number of carbonyl (C=O) groups is 2. The van der Waals surface area contributed by atoms with Crippen molar-refractivity contribution in [3.8, 4) is 0 Å². The third-order valence-corrected chi connectivity index (χ3v) is 5.37. The van der Waals surface area contributed by atoms with Crippen LogP contribution in [0.15, 0.2) is 48.5 Å². The van der Waals surface area contributed by atoms with Crippen molar-refractivity contribution in [2.45, 2.75) is 31.9 Å². The van der Waals surface area contributed by atoms with E-state index < -0.39 is 5.97 Å². The van der Waals surface area contributed by atoms with E-state index in [-0.39, 0.29) is 29.5 Å². The van der Waals surface area contributed by atoms with Crippen LogP contribution in [0.2, 0.25) is 0 Å². The molecule has 0 radical (unpaired) electrons. The zero-order valence-corrected chi connectivity index (χ0v) is 14.6. The van der Waals surface area contributed by atoms with Gasteiger partial charge in [0.2, 0.25) is 5.91 Å². The number of carboxylic acids is 1. The summed E-state index contributed by atoms with van der Waals surface area (Å²) in [5.41, 5.74) is 2.85. The maximum absolute atomic E-state index is 12.6. The smallest absolute Gasteiger partial charge is 0.335 e. The Bertz CT molecular complexity index is 848. The summed E-state index contributed by atoms with van der Waals surface area (Å²) in [6.45, 7) is 2.22. The van der Waals surface area contributed by atoms with Crippen LogP contribution in [0.4, 0.5) is 5.69 Å². The predicted molar refractivity (Wildman–Crippen MR) is 97.2 cm³/mol. The Labute approximate surface area is 152 Å². The molecular formula is C21H21NO4. The van der Waals surface area contributed by atoms with Crippen LogP contribution in [-0.4, -0.2) is 23.6 Å². The van der Waals surface area contributed by atoms with Gasteiger partial charge >= 0.3 is 5.97 Å². The molecule has 0 aromatic heterocycles. The highest BCUT2D eigenvalue weighted by molar-refractivity contribution is 5.95. The number of nitrogens with zero attached hydrogens (tertiary/aromatic N) is 1. The molecule has 2 aromatic rings. The SMILES string of the molecule is CC(=O)N1c2ccc(C(=O)O)cc2C2OCCCC2C1c1ccccc1. The molecule has 4 rings (SSSR count). The van der Waals surface area contributed by atoms with Gasteiger partial charge in [-0.15, -0.1) is 0 Å². The van der Waals surface area contributed by atoms with Crippen molar-refractivity contribution < 1.29 is 19.4 Å². The first-order valence-corrected chi connectivity index (χ1v) is 8.91. The lowest BCUT2D eigenvalue weighted by atomic mass is 9.76.